The van der Waals surface area contributed by atoms with Gasteiger partial charge in [0.2, 0.25) is 0 Å². The lowest BCUT2D eigenvalue weighted by atomic mass is 9.96. The Labute approximate surface area is 208 Å². The number of carbonyl (C=O) groups is 2. The average molecular weight is 473 g/mol. The van der Waals surface area contributed by atoms with E-state index in [1.807, 2.05) is 6.07 Å². The molecule has 4 nitrogen and oxygen atoms in total. The molecule has 192 valence electrons. The van der Waals surface area contributed by atoms with Crippen molar-refractivity contribution in [2.45, 2.75) is 123 Å². The van der Waals surface area contributed by atoms with E-state index >= 15 is 0 Å². The predicted molar refractivity (Wildman–Crippen MR) is 142 cm³/mol. The van der Waals surface area contributed by atoms with Crippen LogP contribution in [0.2, 0.25) is 0 Å². The standard InChI is InChI=1S/C24H38O4.C6H10/c1-3-5-7-9-11-13-16-20-17-15-18-21(23(25)26)22(20)24(27)28-19-14-12-10-8-6-4-2;1-2-4-6-5-3-1/h15,17-18H,3-14,16,19H2,1-2H3,(H,25,26);1-2H,3-6H2. The van der Waals surface area contributed by atoms with Gasteiger partial charge in [-0.2, -0.15) is 0 Å². The summed E-state index contributed by atoms with van der Waals surface area (Å²) in [4.78, 5) is 24.2. The van der Waals surface area contributed by atoms with Gasteiger partial charge in [-0.3, -0.25) is 0 Å². The van der Waals surface area contributed by atoms with Crippen molar-refractivity contribution in [3.63, 3.8) is 0 Å². The van der Waals surface area contributed by atoms with E-state index in [-0.39, 0.29) is 11.1 Å². The van der Waals surface area contributed by atoms with Crippen LogP contribution in [-0.4, -0.2) is 23.7 Å². The maximum absolute atomic E-state index is 12.6. The topological polar surface area (TPSA) is 63.6 Å². The number of aryl methyl sites for hydroxylation is 1. The number of hydrogen-bond acceptors (Lipinski definition) is 3. The van der Waals surface area contributed by atoms with Crippen LogP contribution in [0.4, 0.5) is 0 Å². The molecule has 1 aliphatic carbocycles. The van der Waals surface area contributed by atoms with Gasteiger partial charge in [-0.05, 0) is 56.6 Å². The van der Waals surface area contributed by atoms with Crippen LogP contribution in [0.3, 0.4) is 0 Å². The van der Waals surface area contributed by atoms with Gasteiger partial charge >= 0.3 is 11.9 Å². The van der Waals surface area contributed by atoms with E-state index < -0.39 is 11.9 Å². The van der Waals surface area contributed by atoms with E-state index in [1.54, 1.807) is 6.07 Å². The number of benzene rings is 1. The molecule has 0 aromatic heterocycles. The zero-order valence-corrected chi connectivity index (χ0v) is 21.8. The first-order valence-corrected chi connectivity index (χ1v) is 13.8. The van der Waals surface area contributed by atoms with Crippen LogP contribution in [0.15, 0.2) is 30.4 Å². The normalized spacial score (nSPS) is 12.6. The van der Waals surface area contributed by atoms with Crippen LogP contribution in [0, 0.1) is 0 Å². The maximum Gasteiger partial charge on any atom is 0.339 e. The minimum absolute atomic E-state index is 0.0522. The lowest BCUT2D eigenvalue weighted by Crippen LogP contribution is -2.15. The Balaban J connectivity index is 0.000000830. The summed E-state index contributed by atoms with van der Waals surface area (Å²) in [6, 6.07) is 5.08. The van der Waals surface area contributed by atoms with Crippen molar-refractivity contribution in [2.24, 2.45) is 0 Å². The maximum atomic E-state index is 12.6. The Hall–Kier alpha value is -2.10. The lowest BCUT2D eigenvalue weighted by molar-refractivity contribution is 0.0486. The van der Waals surface area contributed by atoms with Crippen molar-refractivity contribution in [3.8, 4) is 0 Å². The van der Waals surface area contributed by atoms with E-state index in [2.05, 4.69) is 26.0 Å². The molecule has 0 radical (unpaired) electrons. The molecule has 0 bridgehead atoms. The van der Waals surface area contributed by atoms with E-state index in [0.29, 0.717) is 13.0 Å². The number of carboxylic acid groups (broad SMARTS) is 1. The number of esters is 1. The highest BCUT2D eigenvalue weighted by molar-refractivity contribution is 6.03. The summed E-state index contributed by atoms with van der Waals surface area (Å²) in [5, 5.41) is 9.49. The third-order valence-electron chi connectivity index (χ3n) is 6.27. The van der Waals surface area contributed by atoms with Gasteiger partial charge in [-0.25, -0.2) is 9.59 Å². The minimum atomic E-state index is -1.07. The quantitative estimate of drug-likeness (QED) is 0.148. The molecule has 0 saturated carbocycles. The minimum Gasteiger partial charge on any atom is -0.478 e. The van der Waals surface area contributed by atoms with Crippen LogP contribution in [0.25, 0.3) is 0 Å². The molecule has 1 N–H and O–H groups in total. The highest BCUT2D eigenvalue weighted by Crippen LogP contribution is 2.20. The molecule has 0 amide bonds. The van der Waals surface area contributed by atoms with Crippen molar-refractivity contribution in [3.05, 3.63) is 47.0 Å². The van der Waals surface area contributed by atoms with E-state index in [9.17, 15) is 14.7 Å². The van der Waals surface area contributed by atoms with Crippen molar-refractivity contribution in [2.75, 3.05) is 6.61 Å². The van der Waals surface area contributed by atoms with Crippen LogP contribution < -0.4 is 0 Å². The molecule has 1 aromatic carbocycles. The number of carboxylic acids is 1. The molecule has 0 aliphatic heterocycles. The molecule has 0 spiro atoms. The molecule has 4 heteroatoms. The molecule has 0 fully saturated rings. The van der Waals surface area contributed by atoms with E-state index in [0.717, 1.165) is 37.7 Å². The third-order valence-corrected chi connectivity index (χ3v) is 6.27. The van der Waals surface area contributed by atoms with Gasteiger partial charge in [0, 0.05) is 0 Å². The summed E-state index contributed by atoms with van der Waals surface area (Å²) in [5.41, 5.74) is 1.09. The Bertz CT molecular complexity index is 700. The largest absolute Gasteiger partial charge is 0.478 e. The van der Waals surface area contributed by atoms with Crippen molar-refractivity contribution in [1.29, 1.82) is 0 Å². The predicted octanol–water partition coefficient (Wildman–Crippen LogP) is 8.92. The van der Waals surface area contributed by atoms with Crippen molar-refractivity contribution in [1.82, 2.24) is 0 Å². The molecule has 34 heavy (non-hydrogen) atoms. The van der Waals surface area contributed by atoms with Gasteiger partial charge in [0.25, 0.3) is 0 Å². The smallest absolute Gasteiger partial charge is 0.339 e. The fourth-order valence-electron chi connectivity index (χ4n) is 4.20. The SMILES string of the molecule is C1=CCCCC1.CCCCCCCCOC(=O)c1c(CCCCCCCC)cccc1C(=O)O. The summed E-state index contributed by atoms with van der Waals surface area (Å²) in [7, 11) is 0. The molecule has 2 rings (SSSR count). The van der Waals surface area contributed by atoms with E-state index in [4.69, 9.17) is 4.74 Å². The van der Waals surface area contributed by atoms with Crippen LogP contribution in [0.1, 0.15) is 143 Å². The van der Waals surface area contributed by atoms with Crippen LogP contribution in [0.5, 0.6) is 0 Å². The molecule has 0 saturated heterocycles. The Kier molecular flexibility index (Phi) is 17.9. The zero-order chi connectivity index (χ0) is 24.9. The Morgan fingerprint density at radius 1 is 0.794 bits per heavy atom. The fourth-order valence-corrected chi connectivity index (χ4v) is 4.20. The highest BCUT2D eigenvalue weighted by atomic mass is 16.5. The second-order valence-electron chi connectivity index (χ2n) is 9.32. The summed E-state index contributed by atoms with van der Waals surface area (Å²) in [5.74, 6) is -1.57. The molecule has 1 aromatic rings. The number of allylic oxidation sites excluding steroid dienone is 2. The van der Waals surface area contributed by atoms with Gasteiger partial charge in [0.15, 0.2) is 0 Å². The molecule has 0 atom stereocenters. The lowest BCUT2D eigenvalue weighted by Gasteiger charge is -2.12. The van der Waals surface area contributed by atoms with Gasteiger partial charge < -0.3 is 9.84 Å². The zero-order valence-electron chi connectivity index (χ0n) is 21.8. The number of aromatic carboxylic acids is 1. The second kappa shape index (κ2) is 20.3. The fraction of sp³-hybridized carbons (Fsp3) is 0.667. The first-order valence-electron chi connectivity index (χ1n) is 13.8. The Morgan fingerprint density at radius 3 is 1.88 bits per heavy atom. The van der Waals surface area contributed by atoms with Gasteiger partial charge in [-0.15, -0.1) is 0 Å². The third kappa shape index (κ3) is 13.6. The molecule has 0 heterocycles. The summed E-state index contributed by atoms with van der Waals surface area (Å²) in [6.45, 7) is 4.74. The first kappa shape index (κ1) is 29.9. The van der Waals surface area contributed by atoms with Gasteiger partial charge in [0.05, 0.1) is 17.7 Å². The second-order valence-corrected chi connectivity index (χ2v) is 9.32. The molecular formula is C30H48O4. The van der Waals surface area contributed by atoms with Crippen LogP contribution in [-0.2, 0) is 11.2 Å². The molecular weight excluding hydrogens is 424 g/mol. The monoisotopic (exact) mass is 472 g/mol. The molecule has 0 unspecified atom stereocenters. The summed E-state index contributed by atoms with van der Waals surface area (Å²) in [6.07, 6.45) is 24.4. The summed E-state index contributed by atoms with van der Waals surface area (Å²) < 4.78 is 5.42. The van der Waals surface area contributed by atoms with E-state index in [1.165, 1.54) is 76.7 Å². The number of rotatable bonds is 16. The van der Waals surface area contributed by atoms with Crippen LogP contribution >= 0.6 is 0 Å². The first-order chi connectivity index (χ1) is 16.6. The van der Waals surface area contributed by atoms with Crippen molar-refractivity contribution < 1.29 is 19.4 Å². The van der Waals surface area contributed by atoms with Crippen molar-refractivity contribution >= 4 is 11.9 Å². The average Bonchev–Trinajstić information content (AvgIpc) is 2.86. The molecule has 1 aliphatic rings. The number of ether oxygens (including phenoxy) is 1. The highest BCUT2D eigenvalue weighted by Gasteiger charge is 2.21. The van der Waals surface area contributed by atoms with Gasteiger partial charge in [-0.1, -0.05) is 102 Å². The summed E-state index contributed by atoms with van der Waals surface area (Å²) >= 11 is 0. The number of carbonyl (C=O) groups excluding carboxylic acids is 1. The van der Waals surface area contributed by atoms with Gasteiger partial charge in [0.1, 0.15) is 0 Å². The Morgan fingerprint density at radius 2 is 1.35 bits per heavy atom. The number of hydrogen-bond donors (Lipinski definition) is 1. The number of unbranched alkanes of at least 4 members (excludes halogenated alkanes) is 10.